The maximum absolute atomic E-state index is 14.7. The molecule has 0 radical (unpaired) electrons. The first-order valence-electron chi connectivity index (χ1n) is 8.81. The lowest BCUT2D eigenvalue weighted by atomic mass is 9.76. The van der Waals surface area contributed by atoms with Crippen LogP contribution in [0.2, 0.25) is 5.02 Å². The van der Waals surface area contributed by atoms with Gasteiger partial charge in [-0.2, -0.15) is 12.6 Å². The Morgan fingerprint density at radius 2 is 1.70 bits per heavy atom. The number of thiol groups is 1. The molecule has 2 nitrogen and oxygen atoms in total. The maximum atomic E-state index is 14.7. The summed E-state index contributed by atoms with van der Waals surface area (Å²) in [5, 5.41) is 0.520. The predicted octanol–water partition coefficient (Wildman–Crippen LogP) is 5.80. The van der Waals surface area contributed by atoms with Crippen molar-refractivity contribution in [2.75, 3.05) is 0 Å². The van der Waals surface area contributed by atoms with E-state index in [0.717, 1.165) is 18.2 Å². The van der Waals surface area contributed by atoms with Crippen molar-refractivity contribution in [2.24, 2.45) is 5.92 Å². The van der Waals surface area contributed by atoms with Gasteiger partial charge in [-0.1, -0.05) is 18.5 Å². The first kappa shape index (κ1) is 20.6. The van der Waals surface area contributed by atoms with Gasteiger partial charge in [0.05, 0.1) is 4.90 Å². The first-order chi connectivity index (χ1) is 12.7. The average Bonchev–Trinajstić information content (AvgIpc) is 2.64. The zero-order valence-corrected chi connectivity index (χ0v) is 17.3. The van der Waals surface area contributed by atoms with Gasteiger partial charge in [0.15, 0.2) is 9.84 Å². The third kappa shape index (κ3) is 3.76. The molecule has 1 atom stereocenters. The van der Waals surface area contributed by atoms with Crippen molar-refractivity contribution >= 4 is 34.1 Å². The van der Waals surface area contributed by atoms with Crippen LogP contribution in [0.4, 0.5) is 8.78 Å². The van der Waals surface area contributed by atoms with E-state index >= 15 is 0 Å². The van der Waals surface area contributed by atoms with E-state index in [-0.39, 0.29) is 34.5 Å². The van der Waals surface area contributed by atoms with Gasteiger partial charge in [0.25, 0.3) is 0 Å². The number of rotatable bonds is 4. The zero-order valence-electron chi connectivity index (χ0n) is 14.8. The summed E-state index contributed by atoms with van der Waals surface area (Å²) < 4.78 is 54.3. The summed E-state index contributed by atoms with van der Waals surface area (Å²) in [4.78, 5) is 0.0629. The molecule has 0 aliphatic heterocycles. The summed E-state index contributed by atoms with van der Waals surface area (Å²) in [5.41, 5.74) is -0.0947. The number of halogens is 3. The normalized spacial score (nSPS) is 24.6. The molecular weight excluding hydrogens is 410 g/mol. The standard InChI is InChI=1S/C20H21ClF2O2S2/c1-13(26)14-8-10-20(11-9-14,18-12-16(22)4-7-19(18)23)27(24,25)17-5-2-15(21)3-6-17/h2-7,12-14,26H,8-11H2,1H3. The second-order valence-corrected chi connectivity index (χ2v) is 10.7. The topological polar surface area (TPSA) is 34.1 Å². The number of hydrogen-bond donors (Lipinski definition) is 1. The van der Waals surface area contributed by atoms with Crippen LogP contribution in [-0.2, 0) is 14.6 Å². The molecule has 3 rings (SSSR count). The molecule has 1 saturated carbocycles. The van der Waals surface area contributed by atoms with E-state index in [2.05, 4.69) is 12.6 Å². The molecule has 0 N–H and O–H groups in total. The largest absolute Gasteiger partial charge is 0.223 e. The van der Waals surface area contributed by atoms with Crippen LogP contribution in [0.15, 0.2) is 47.4 Å². The average molecular weight is 431 g/mol. The molecule has 1 unspecified atom stereocenters. The van der Waals surface area contributed by atoms with Crippen molar-refractivity contribution in [3.63, 3.8) is 0 Å². The lowest BCUT2D eigenvalue weighted by Crippen LogP contribution is -2.41. The summed E-state index contributed by atoms with van der Waals surface area (Å²) in [6, 6.07) is 8.85. The van der Waals surface area contributed by atoms with Gasteiger partial charge in [0.2, 0.25) is 0 Å². The van der Waals surface area contributed by atoms with E-state index in [9.17, 15) is 17.2 Å². The first-order valence-corrected chi connectivity index (χ1v) is 11.2. The fraction of sp³-hybridized carbons (Fsp3) is 0.400. The van der Waals surface area contributed by atoms with Crippen LogP contribution in [0.1, 0.15) is 38.2 Å². The number of sulfone groups is 1. The number of hydrogen-bond acceptors (Lipinski definition) is 3. The quantitative estimate of drug-likeness (QED) is 0.622. The van der Waals surface area contributed by atoms with E-state index in [1.165, 1.54) is 24.3 Å². The molecule has 2 aromatic rings. The van der Waals surface area contributed by atoms with Crippen molar-refractivity contribution in [3.05, 3.63) is 64.7 Å². The summed E-state index contributed by atoms with van der Waals surface area (Å²) in [6.45, 7) is 1.97. The molecule has 1 aliphatic carbocycles. The fourth-order valence-corrected chi connectivity index (χ4v) is 6.55. The van der Waals surface area contributed by atoms with E-state index in [0.29, 0.717) is 17.9 Å². The smallest absolute Gasteiger partial charge is 0.188 e. The molecule has 0 spiro atoms. The molecule has 7 heteroatoms. The van der Waals surface area contributed by atoms with Crippen LogP contribution in [0.5, 0.6) is 0 Å². The Morgan fingerprint density at radius 1 is 1.11 bits per heavy atom. The lowest BCUT2D eigenvalue weighted by molar-refractivity contribution is 0.286. The maximum Gasteiger partial charge on any atom is 0.188 e. The molecule has 27 heavy (non-hydrogen) atoms. The third-order valence-corrected chi connectivity index (χ3v) is 8.80. The highest BCUT2D eigenvalue weighted by atomic mass is 35.5. The Balaban J connectivity index is 2.16. The predicted molar refractivity (Wildman–Crippen MR) is 107 cm³/mol. The van der Waals surface area contributed by atoms with E-state index in [4.69, 9.17) is 11.6 Å². The molecule has 0 saturated heterocycles. The van der Waals surface area contributed by atoms with Gasteiger partial charge in [0.1, 0.15) is 16.4 Å². The second-order valence-electron chi connectivity index (χ2n) is 7.15. The van der Waals surface area contributed by atoms with Crippen LogP contribution in [0, 0.1) is 17.6 Å². The zero-order chi connectivity index (χ0) is 19.8. The Bertz CT molecular complexity index is 919. The van der Waals surface area contributed by atoms with Crippen molar-refractivity contribution in [3.8, 4) is 0 Å². The van der Waals surface area contributed by atoms with E-state index < -0.39 is 26.2 Å². The SMILES string of the molecule is CC(S)C1CCC(c2cc(F)ccc2F)(S(=O)(=O)c2ccc(Cl)cc2)CC1. The van der Waals surface area contributed by atoms with E-state index in [1.807, 2.05) is 6.92 Å². The van der Waals surface area contributed by atoms with Gasteiger partial charge in [-0.05, 0) is 74.1 Å². The van der Waals surface area contributed by atoms with Crippen LogP contribution >= 0.6 is 24.2 Å². The summed E-state index contributed by atoms with van der Waals surface area (Å²) in [5.74, 6) is -1.12. The number of benzene rings is 2. The Kier molecular flexibility index (Phi) is 5.90. The van der Waals surface area contributed by atoms with Crippen LogP contribution in [0.3, 0.4) is 0 Å². The minimum Gasteiger partial charge on any atom is -0.223 e. The lowest BCUT2D eigenvalue weighted by Gasteiger charge is -2.41. The molecular formula is C20H21ClF2O2S2. The molecule has 2 aromatic carbocycles. The van der Waals surface area contributed by atoms with Gasteiger partial charge < -0.3 is 0 Å². The van der Waals surface area contributed by atoms with Crippen molar-refractivity contribution in [2.45, 2.75) is 47.5 Å². The molecule has 0 bridgehead atoms. The molecule has 1 aliphatic rings. The Hall–Kier alpha value is -1.11. The monoisotopic (exact) mass is 430 g/mol. The van der Waals surface area contributed by atoms with Crippen LogP contribution in [0.25, 0.3) is 0 Å². The molecule has 1 fully saturated rings. The van der Waals surface area contributed by atoms with Crippen molar-refractivity contribution in [1.82, 2.24) is 0 Å². The summed E-state index contributed by atoms with van der Waals surface area (Å²) in [7, 11) is -3.97. The van der Waals surface area contributed by atoms with Crippen LogP contribution < -0.4 is 0 Å². The van der Waals surface area contributed by atoms with Crippen molar-refractivity contribution < 1.29 is 17.2 Å². The molecule has 0 aromatic heterocycles. The second kappa shape index (κ2) is 7.72. The molecule has 0 heterocycles. The fourth-order valence-electron chi connectivity index (χ4n) is 3.96. The Labute approximate surface area is 169 Å². The highest BCUT2D eigenvalue weighted by Gasteiger charge is 2.50. The van der Waals surface area contributed by atoms with Gasteiger partial charge in [-0.25, -0.2) is 17.2 Å². The van der Waals surface area contributed by atoms with Gasteiger partial charge in [-0.3, -0.25) is 0 Å². The van der Waals surface area contributed by atoms with Gasteiger partial charge >= 0.3 is 0 Å². The van der Waals surface area contributed by atoms with Crippen molar-refractivity contribution in [1.29, 1.82) is 0 Å². The molecule has 0 amide bonds. The highest BCUT2D eigenvalue weighted by Crippen LogP contribution is 2.50. The third-order valence-electron chi connectivity index (χ3n) is 5.58. The highest BCUT2D eigenvalue weighted by molar-refractivity contribution is 7.92. The summed E-state index contributed by atoms with van der Waals surface area (Å²) >= 11 is 10.4. The minimum atomic E-state index is -3.97. The van der Waals surface area contributed by atoms with Gasteiger partial charge in [0, 0.05) is 15.8 Å². The Morgan fingerprint density at radius 3 is 2.26 bits per heavy atom. The van der Waals surface area contributed by atoms with Gasteiger partial charge in [-0.15, -0.1) is 0 Å². The van der Waals surface area contributed by atoms with E-state index in [1.54, 1.807) is 0 Å². The minimum absolute atomic E-state index is 0.0629. The summed E-state index contributed by atoms with van der Waals surface area (Å²) in [6.07, 6.45) is 1.59. The molecule has 146 valence electrons. The van der Waals surface area contributed by atoms with Crippen LogP contribution in [-0.4, -0.2) is 13.7 Å².